The van der Waals surface area contributed by atoms with Crippen LogP contribution in [0.2, 0.25) is 0 Å². The summed E-state index contributed by atoms with van der Waals surface area (Å²) in [6, 6.07) is 4.10. The molecule has 0 saturated heterocycles. The maximum atomic E-state index is 9.52. The molecule has 0 aromatic carbocycles. The first kappa shape index (κ1) is 14.0. The molecule has 0 aliphatic rings. The zero-order chi connectivity index (χ0) is 13.9. The van der Waals surface area contributed by atoms with Gasteiger partial charge >= 0.3 is 0 Å². The van der Waals surface area contributed by atoms with Crippen LogP contribution < -0.4 is 5.32 Å². The minimum Gasteiger partial charge on any atom is -0.394 e. The van der Waals surface area contributed by atoms with E-state index in [0.717, 1.165) is 24.2 Å². The van der Waals surface area contributed by atoms with E-state index in [2.05, 4.69) is 41.5 Å². The molecule has 4 nitrogen and oxygen atoms in total. The van der Waals surface area contributed by atoms with Crippen molar-refractivity contribution in [2.45, 2.75) is 45.7 Å². The Kier molecular flexibility index (Phi) is 4.22. The van der Waals surface area contributed by atoms with Crippen molar-refractivity contribution >= 4 is 5.65 Å². The van der Waals surface area contributed by atoms with E-state index in [-0.39, 0.29) is 12.1 Å². The van der Waals surface area contributed by atoms with Crippen molar-refractivity contribution in [2.75, 3.05) is 6.61 Å². The Morgan fingerprint density at radius 1 is 1.47 bits per heavy atom. The number of aliphatic hydroxyl groups is 1. The van der Waals surface area contributed by atoms with E-state index in [1.807, 2.05) is 18.5 Å². The monoisotopic (exact) mass is 261 g/mol. The Hall–Kier alpha value is -1.39. The third-order valence-electron chi connectivity index (χ3n) is 3.65. The SMILES string of the molecule is CCCC(C)(CO)NCc1cnc2c(C)cccn12. The summed E-state index contributed by atoms with van der Waals surface area (Å²) < 4.78 is 2.10. The summed E-state index contributed by atoms with van der Waals surface area (Å²) in [5.74, 6) is 0. The Balaban J connectivity index is 2.16. The molecular formula is C15H23N3O. The number of aromatic nitrogens is 2. The summed E-state index contributed by atoms with van der Waals surface area (Å²) in [5, 5.41) is 13.0. The molecular weight excluding hydrogens is 238 g/mol. The van der Waals surface area contributed by atoms with E-state index in [9.17, 15) is 5.11 Å². The molecule has 104 valence electrons. The summed E-state index contributed by atoms with van der Waals surface area (Å²) in [6.07, 6.45) is 5.94. The average molecular weight is 261 g/mol. The van der Waals surface area contributed by atoms with Crippen LogP contribution in [0.5, 0.6) is 0 Å². The lowest BCUT2D eigenvalue weighted by molar-refractivity contribution is 0.163. The van der Waals surface area contributed by atoms with Gasteiger partial charge in [0.1, 0.15) is 5.65 Å². The summed E-state index contributed by atoms with van der Waals surface area (Å²) in [4.78, 5) is 4.45. The summed E-state index contributed by atoms with van der Waals surface area (Å²) in [7, 11) is 0. The van der Waals surface area contributed by atoms with Gasteiger partial charge in [0.25, 0.3) is 0 Å². The van der Waals surface area contributed by atoms with E-state index >= 15 is 0 Å². The Morgan fingerprint density at radius 3 is 2.95 bits per heavy atom. The van der Waals surface area contributed by atoms with Crippen molar-refractivity contribution in [3.63, 3.8) is 0 Å². The van der Waals surface area contributed by atoms with Crippen molar-refractivity contribution in [3.8, 4) is 0 Å². The van der Waals surface area contributed by atoms with Crippen LogP contribution in [0.1, 0.15) is 37.9 Å². The van der Waals surface area contributed by atoms with Crippen LogP contribution in [0.25, 0.3) is 5.65 Å². The first-order chi connectivity index (χ1) is 9.09. The van der Waals surface area contributed by atoms with Crippen LogP contribution in [0.15, 0.2) is 24.5 Å². The van der Waals surface area contributed by atoms with Crippen molar-refractivity contribution in [1.82, 2.24) is 14.7 Å². The van der Waals surface area contributed by atoms with Gasteiger partial charge in [0.05, 0.1) is 18.5 Å². The lowest BCUT2D eigenvalue weighted by Crippen LogP contribution is -2.45. The van der Waals surface area contributed by atoms with E-state index in [0.29, 0.717) is 6.54 Å². The van der Waals surface area contributed by atoms with E-state index < -0.39 is 0 Å². The van der Waals surface area contributed by atoms with Crippen LogP contribution >= 0.6 is 0 Å². The van der Waals surface area contributed by atoms with Gasteiger partial charge in [-0.05, 0) is 31.9 Å². The number of fused-ring (bicyclic) bond motifs is 1. The van der Waals surface area contributed by atoms with Gasteiger partial charge in [0, 0.05) is 18.3 Å². The number of nitrogens with zero attached hydrogens (tertiary/aromatic N) is 2. The standard InChI is InChI=1S/C15H23N3O/c1-4-7-15(3,11-19)17-10-13-9-16-14-12(2)6-5-8-18(13)14/h5-6,8-9,17,19H,4,7,10-11H2,1-3H3. The van der Waals surface area contributed by atoms with Crippen molar-refractivity contribution < 1.29 is 5.11 Å². The van der Waals surface area contributed by atoms with Gasteiger partial charge in [-0.3, -0.25) is 0 Å². The molecule has 1 atom stereocenters. The van der Waals surface area contributed by atoms with E-state index in [1.165, 1.54) is 5.56 Å². The first-order valence-corrected chi connectivity index (χ1v) is 6.87. The van der Waals surface area contributed by atoms with Gasteiger partial charge in [0.2, 0.25) is 0 Å². The zero-order valence-electron chi connectivity index (χ0n) is 12.0. The average Bonchev–Trinajstić information content (AvgIpc) is 2.82. The number of nitrogens with one attached hydrogen (secondary N) is 1. The number of pyridine rings is 1. The number of aliphatic hydroxyl groups excluding tert-OH is 1. The summed E-state index contributed by atoms with van der Waals surface area (Å²) in [5.41, 5.74) is 3.07. The molecule has 0 aliphatic carbocycles. The highest BCUT2D eigenvalue weighted by Gasteiger charge is 2.21. The lowest BCUT2D eigenvalue weighted by Gasteiger charge is -2.28. The molecule has 1 unspecified atom stereocenters. The quantitative estimate of drug-likeness (QED) is 0.838. The maximum Gasteiger partial charge on any atom is 0.139 e. The predicted molar refractivity (Wildman–Crippen MR) is 77.2 cm³/mol. The third-order valence-corrected chi connectivity index (χ3v) is 3.65. The number of hydrogen-bond donors (Lipinski definition) is 2. The lowest BCUT2D eigenvalue weighted by atomic mass is 9.97. The largest absolute Gasteiger partial charge is 0.394 e. The molecule has 2 aromatic rings. The molecule has 0 saturated carbocycles. The fourth-order valence-electron chi connectivity index (χ4n) is 2.41. The minimum absolute atomic E-state index is 0.149. The molecule has 0 aliphatic heterocycles. The van der Waals surface area contributed by atoms with Crippen molar-refractivity contribution in [3.05, 3.63) is 35.8 Å². The summed E-state index contributed by atoms with van der Waals surface area (Å²) >= 11 is 0. The van der Waals surface area contributed by atoms with Crippen LogP contribution in [0.4, 0.5) is 0 Å². The van der Waals surface area contributed by atoms with Crippen LogP contribution in [0, 0.1) is 6.92 Å². The summed E-state index contributed by atoms with van der Waals surface area (Å²) in [6.45, 7) is 7.12. The topological polar surface area (TPSA) is 49.6 Å². The first-order valence-electron chi connectivity index (χ1n) is 6.87. The van der Waals surface area contributed by atoms with Gasteiger partial charge in [-0.1, -0.05) is 19.4 Å². The molecule has 0 fully saturated rings. The third kappa shape index (κ3) is 2.96. The van der Waals surface area contributed by atoms with Gasteiger partial charge in [-0.15, -0.1) is 0 Å². The zero-order valence-corrected chi connectivity index (χ0v) is 12.0. The number of imidazole rings is 1. The second kappa shape index (κ2) is 5.72. The van der Waals surface area contributed by atoms with E-state index in [4.69, 9.17) is 0 Å². The number of aryl methyl sites for hydroxylation is 1. The molecule has 2 heterocycles. The van der Waals surface area contributed by atoms with E-state index in [1.54, 1.807) is 0 Å². The van der Waals surface area contributed by atoms with Crippen LogP contribution in [0.3, 0.4) is 0 Å². The second-order valence-electron chi connectivity index (χ2n) is 5.46. The maximum absolute atomic E-state index is 9.52. The molecule has 0 bridgehead atoms. The highest BCUT2D eigenvalue weighted by Crippen LogP contribution is 2.15. The molecule has 0 spiro atoms. The highest BCUT2D eigenvalue weighted by molar-refractivity contribution is 5.48. The number of rotatable bonds is 6. The number of hydrogen-bond acceptors (Lipinski definition) is 3. The van der Waals surface area contributed by atoms with Crippen LogP contribution in [-0.4, -0.2) is 26.6 Å². The molecule has 2 N–H and O–H groups in total. The van der Waals surface area contributed by atoms with Gasteiger partial charge < -0.3 is 14.8 Å². The van der Waals surface area contributed by atoms with Gasteiger partial charge in [-0.2, -0.15) is 0 Å². The Morgan fingerprint density at radius 2 is 2.26 bits per heavy atom. The fourth-order valence-corrected chi connectivity index (χ4v) is 2.41. The van der Waals surface area contributed by atoms with Crippen LogP contribution in [-0.2, 0) is 6.54 Å². The molecule has 0 radical (unpaired) electrons. The molecule has 2 rings (SSSR count). The van der Waals surface area contributed by atoms with Gasteiger partial charge in [0.15, 0.2) is 0 Å². The molecule has 2 aromatic heterocycles. The second-order valence-corrected chi connectivity index (χ2v) is 5.46. The Bertz CT molecular complexity index is 549. The van der Waals surface area contributed by atoms with Crippen molar-refractivity contribution in [2.24, 2.45) is 0 Å². The van der Waals surface area contributed by atoms with Crippen molar-refractivity contribution in [1.29, 1.82) is 0 Å². The molecule has 19 heavy (non-hydrogen) atoms. The predicted octanol–water partition coefficient (Wildman–Crippen LogP) is 2.28. The highest BCUT2D eigenvalue weighted by atomic mass is 16.3. The molecule has 4 heteroatoms. The normalized spacial score (nSPS) is 14.7. The van der Waals surface area contributed by atoms with Gasteiger partial charge in [-0.25, -0.2) is 4.98 Å². The molecule has 0 amide bonds. The Labute approximate surface area is 114 Å². The smallest absolute Gasteiger partial charge is 0.139 e. The fraction of sp³-hybridized carbons (Fsp3) is 0.533. The minimum atomic E-state index is -0.220.